The average Bonchev–Trinajstić information content (AvgIpc) is 3.27. The average molecular weight is 1130 g/mol. The molecule has 0 bridgehead atoms. The summed E-state index contributed by atoms with van der Waals surface area (Å²) in [6.45, 7) is 11.1. The number of benzene rings is 6. The van der Waals surface area contributed by atoms with E-state index < -0.39 is 30.1 Å². The molecule has 0 saturated heterocycles. The van der Waals surface area contributed by atoms with Crippen LogP contribution in [-0.4, -0.2) is 25.3 Å². The zero-order valence-corrected chi connectivity index (χ0v) is 44.3. The maximum absolute atomic E-state index is 14.9. The Morgan fingerprint density at radius 3 is 0.818 bits per heavy atom. The third-order valence-electron chi connectivity index (χ3n) is 11.2. The van der Waals surface area contributed by atoms with Gasteiger partial charge in [0.2, 0.25) is 0 Å². The van der Waals surface area contributed by atoms with Gasteiger partial charge < -0.3 is 0 Å². The summed E-state index contributed by atoms with van der Waals surface area (Å²) in [5.74, 6) is 0. The zero-order chi connectivity index (χ0) is 47.7. The molecule has 0 unspecified atom stereocenters. The second-order valence-corrected chi connectivity index (χ2v) is 24.7. The number of hydrogen-bond acceptors (Lipinski definition) is 6. The number of aryl methyl sites for hydroxylation is 6. The van der Waals surface area contributed by atoms with Crippen molar-refractivity contribution in [3.05, 3.63) is 210 Å². The fourth-order valence-corrected chi connectivity index (χ4v) is 13.0. The first kappa shape index (κ1) is 49.1. The van der Waals surface area contributed by atoms with Crippen molar-refractivity contribution < 1.29 is 25.3 Å². The predicted molar refractivity (Wildman–Crippen MR) is 277 cm³/mol. The van der Waals surface area contributed by atoms with Gasteiger partial charge in [0.25, 0.3) is 30.1 Å². The van der Waals surface area contributed by atoms with E-state index >= 15 is 0 Å². The summed E-state index contributed by atoms with van der Waals surface area (Å²) in [4.78, 5) is 0.230. The molecular weight excluding hydrogens is 1090 g/mol. The summed E-state index contributed by atoms with van der Waals surface area (Å²) in [6, 6.07) is 36.1. The molecule has 1 saturated carbocycles. The monoisotopic (exact) mass is 1130 g/mol. The van der Waals surface area contributed by atoms with Crippen molar-refractivity contribution in [3.63, 3.8) is 0 Å². The number of anilines is 3. The van der Waals surface area contributed by atoms with Gasteiger partial charge in [-0.25, -0.2) is 38.2 Å². The molecule has 0 aromatic heterocycles. The Labute approximate surface area is 414 Å². The van der Waals surface area contributed by atoms with Gasteiger partial charge in [-0.15, -0.1) is 0 Å². The normalized spacial score (nSPS) is 13.3. The Morgan fingerprint density at radius 1 is 0.364 bits per heavy atom. The van der Waals surface area contributed by atoms with Crippen LogP contribution in [0.15, 0.2) is 191 Å². The van der Waals surface area contributed by atoms with Crippen LogP contribution in [0.1, 0.15) is 52.6 Å². The van der Waals surface area contributed by atoms with E-state index in [1.807, 2.05) is 77.9 Å². The first-order valence-corrected chi connectivity index (χ1v) is 27.5. The zero-order valence-electron chi connectivity index (χ0n) is 37.1. The van der Waals surface area contributed by atoms with Crippen LogP contribution >= 0.6 is 47.8 Å². The Hall–Kier alpha value is -4.77. The number of hydrogen-bond donors (Lipinski definition) is 0. The summed E-state index contributed by atoms with van der Waals surface area (Å²) >= 11 is 10.7. The molecule has 0 N–H and O–H groups in total. The fourth-order valence-electron chi connectivity index (χ4n) is 7.57. The van der Waals surface area contributed by atoms with Crippen molar-refractivity contribution in [3.8, 4) is 0 Å². The van der Waals surface area contributed by atoms with Crippen molar-refractivity contribution >= 4 is 94.9 Å². The van der Waals surface area contributed by atoms with Gasteiger partial charge in [-0.2, -0.15) is 0 Å². The van der Waals surface area contributed by atoms with Crippen LogP contribution in [0.25, 0.3) is 0 Å². The fraction of sp³-hybridized carbons (Fsp3) is 0.176. The van der Waals surface area contributed by atoms with E-state index in [9.17, 15) is 25.3 Å². The first-order chi connectivity index (χ1) is 31.1. The Morgan fingerprint density at radius 2 is 0.591 bits per heavy atom. The minimum atomic E-state index is -4.25. The van der Waals surface area contributed by atoms with E-state index in [0.717, 1.165) is 16.7 Å². The highest BCUT2D eigenvalue weighted by Crippen LogP contribution is 2.40. The summed E-state index contributed by atoms with van der Waals surface area (Å²) < 4.78 is 95.1. The molecule has 342 valence electrons. The maximum Gasteiger partial charge on any atom is 0.268 e. The van der Waals surface area contributed by atoms with Crippen molar-refractivity contribution in [2.24, 2.45) is 0 Å². The third kappa shape index (κ3) is 10.8. The van der Waals surface area contributed by atoms with Gasteiger partial charge >= 0.3 is 0 Å². The van der Waals surface area contributed by atoms with Crippen molar-refractivity contribution in [2.45, 2.75) is 75.5 Å². The SMILES string of the molecule is Cc1ccc(S(=O)(=O)N(C=C2CC(=CN(c3cc(Br)ccc3C)S(=O)(=O)c3ccc(C)cc3)CC(=CN(c3cc(Br)ccc3C)S(=O)(=O)c3ccc(C)cc3)C2)c2cc(Br)ccc2C)cc1. The highest BCUT2D eigenvalue weighted by Gasteiger charge is 2.32. The number of sulfonamides is 3. The molecular formula is C51H48Br3N3O6S3. The number of allylic oxidation sites excluding steroid dienone is 3. The summed E-state index contributed by atoms with van der Waals surface area (Å²) in [5.41, 5.74) is 7.73. The molecule has 7 rings (SSSR count). The summed E-state index contributed by atoms with van der Waals surface area (Å²) in [6.07, 6.45) is 5.24. The van der Waals surface area contributed by atoms with Crippen molar-refractivity contribution in [2.75, 3.05) is 12.9 Å². The molecule has 1 aliphatic carbocycles. The van der Waals surface area contributed by atoms with Crippen molar-refractivity contribution in [1.82, 2.24) is 0 Å². The number of halogens is 3. The number of nitrogens with zero attached hydrogens (tertiary/aromatic N) is 3. The molecule has 6 aromatic rings. The third-order valence-corrected chi connectivity index (χ3v) is 17.8. The Balaban J connectivity index is 1.50. The van der Waals surface area contributed by atoms with Crippen LogP contribution in [0.3, 0.4) is 0 Å². The lowest BCUT2D eigenvalue weighted by atomic mass is 9.87. The maximum atomic E-state index is 14.9. The molecule has 0 atom stereocenters. The van der Waals surface area contributed by atoms with Crippen molar-refractivity contribution in [1.29, 1.82) is 0 Å². The lowest BCUT2D eigenvalue weighted by Crippen LogP contribution is -2.29. The van der Waals surface area contributed by atoms with Gasteiger partial charge in [0.05, 0.1) is 31.7 Å². The molecule has 15 heteroatoms. The molecule has 0 spiro atoms. The first-order valence-electron chi connectivity index (χ1n) is 20.8. The summed E-state index contributed by atoms with van der Waals surface area (Å²) in [5, 5.41) is 0. The smallest absolute Gasteiger partial charge is 0.242 e. The minimum Gasteiger partial charge on any atom is -0.242 e. The Bertz CT molecular complexity index is 2900. The van der Waals surface area contributed by atoms with Crippen LogP contribution in [0.4, 0.5) is 17.1 Å². The molecule has 1 fully saturated rings. The minimum absolute atomic E-state index is 0.0765. The largest absolute Gasteiger partial charge is 0.268 e. The Kier molecular flexibility index (Phi) is 14.8. The standard InChI is InChI=1S/C51H48Br3N3O6S3/c1-34-7-19-46(20-8-34)64(58,59)55(49-28-43(52)16-13-37(49)4)31-40-25-41(32-56(50-29-44(53)17-14-38(50)5)65(60,61)47-21-9-35(2)10-22-47)27-42(26-40)33-57(51-30-45(54)18-15-39(51)6)66(62,63)48-23-11-36(3)12-24-48/h7-24,28-33H,25-27H2,1-6H3. The van der Waals surface area contributed by atoms with Gasteiger partial charge in [-0.05, 0) is 167 Å². The molecule has 6 aromatic carbocycles. The lowest BCUT2D eigenvalue weighted by Gasteiger charge is -2.30. The summed E-state index contributed by atoms with van der Waals surface area (Å²) in [7, 11) is -12.7. The molecule has 0 amide bonds. The highest BCUT2D eigenvalue weighted by atomic mass is 79.9. The second kappa shape index (κ2) is 19.8. The molecule has 0 radical (unpaired) electrons. The molecule has 0 aliphatic heterocycles. The van der Waals surface area contributed by atoms with Gasteiger partial charge in [0, 0.05) is 32.0 Å². The van der Waals surface area contributed by atoms with E-state index in [4.69, 9.17) is 0 Å². The van der Waals surface area contributed by atoms with Crippen LogP contribution in [-0.2, 0) is 30.1 Å². The molecule has 0 heterocycles. The molecule has 66 heavy (non-hydrogen) atoms. The van der Waals surface area contributed by atoms with Crippen LogP contribution in [0.2, 0.25) is 0 Å². The lowest BCUT2D eigenvalue weighted by molar-refractivity contribution is 0.594. The van der Waals surface area contributed by atoms with Crippen LogP contribution < -0.4 is 12.9 Å². The van der Waals surface area contributed by atoms with E-state index in [-0.39, 0.29) is 33.9 Å². The van der Waals surface area contributed by atoms with E-state index in [1.54, 1.807) is 110 Å². The van der Waals surface area contributed by atoms with E-state index in [1.165, 1.54) is 12.9 Å². The second-order valence-electron chi connectivity index (χ2n) is 16.5. The highest BCUT2D eigenvalue weighted by molar-refractivity contribution is 9.11. The number of rotatable bonds is 12. The topological polar surface area (TPSA) is 112 Å². The van der Waals surface area contributed by atoms with Crippen LogP contribution in [0, 0.1) is 41.5 Å². The quantitative estimate of drug-likeness (QED) is 0.121. The van der Waals surface area contributed by atoms with Gasteiger partial charge in [0.1, 0.15) is 0 Å². The van der Waals surface area contributed by atoms with Gasteiger partial charge in [-0.3, -0.25) is 0 Å². The molecule has 9 nitrogen and oxygen atoms in total. The van der Waals surface area contributed by atoms with E-state index in [0.29, 0.717) is 63.9 Å². The van der Waals surface area contributed by atoms with E-state index in [2.05, 4.69) is 47.8 Å². The van der Waals surface area contributed by atoms with Gasteiger partial charge in [-0.1, -0.05) is 119 Å². The van der Waals surface area contributed by atoms with Gasteiger partial charge in [0.15, 0.2) is 0 Å². The van der Waals surface area contributed by atoms with Crippen LogP contribution in [0.5, 0.6) is 0 Å². The predicted octanol–water partition coefficient (Wildman–Crippen LogP) is 13.6. The molecule has 1 aliphatic rings.